The summed E-state index contributed by atoms with van der Waals surface area (Å²) in [6.45, 7) is 2.63. The van der Waals surface area contributed by atoms with Crippen LogP contribution in [-0.4, -0.2) is 19.6 Å². The monoisotopic (exact) mass is 269 g/mol. The lowest BCUT2D eigenvalue weighted by Crippen LogP contribution is -2.06. The summed E-state index contributed by atoms with van der Waals surface area (Å²) in [5, 5.41) is 8.44. The van der Waals surface area contributed by atoms with Gasteiger partial charge in [-0.25, -0.2) is 4.68 Å². The van der Waals surface area contributed by atoms with Crippen molar-refractivity contribution in [1.29, 1.82) is 0 Å². The molecule has 15 heavy (non-hydrogen) atoms. The lowest BCUT2D eigenvalue weighted by molar-refractivity contribution is 0.693. The van der Waals surface area contributed by atoms with E-state index in [9.17, 15) is 0 Å². The summed E-state index contributed by atoms with van der Waals surface area (Å²) in [6, 6.07) is 0. The summed E-state index contributed by atoms with van der Waals surface area (Å²) in [5.74, 6) is 0.637. The fraction of sp³-hybridized carbons (Fsp3) is 0.333. The molecule has 2 rings (SSSR count). The summed E-state index contributed by atoms with van der Waals surface area (Å²) in [5.41, 5.74) is 7.96. The van der Waals surface area contributed by atoms with Crippen LogP contribution in [0.4, 0.5) is 5.82 Å². The zero-order valence-electron chi connectivity index (χ0n) is 8.61. The van der Waals surface area contributed by atoms with Crippen LogP contribution in [0.1, 0.15) is 11.3 Å². The number of nitrogen functional groups attached to an aromatic ring is 1. The molecule has 0 bridgehead atoms. The van der Waals surface area contributed by atoms with Crippen molar-refractivity contribution in [2.75, 3.05) is 5.73 Å². The van der Waals surface area contributed by atoms with Gasteiger partial charge in [0.2, 0.25) is 0 Å². The van der Waals surface area contributed by atoms with Gasteiger partial charge in [-0.1, -0.05) is 0 Å². The van der Waals surface area contributed by atoms with Gasteiger partial charge in [-0.3, -0.25) is 4.68 Å². The Kier molecular flexibility index (Phi) is 2.52. The molecule has 2 aromatic rings. The molecule has 0 aliphatic carbocycles. The number of anilines is 1. The van der Waals surface area contributed by atoms with E-state index in [1.807, 2.05) is 20.2 Å². The predicted molar refractivity (Wildman–Crippen MR) is 61.4 cm³/mol. The van der Waals surface area contributed by atoms with Crippen LogP contribution in [0.15, 0.2) is 16.9 Å². The predicted octanol–water partition coefficient (Wildman–Crippen LogP) is 1.32. The zero-order chi connectivity index (χ0) is 11.0. The second-order valence-corrected chi connectivity index (χ2v) is 4.30. The Morgan fingerprint density at radius 3 is 2.73 bits per heavy atom. The van der Waals surface area contributed by atoms with Crippen molar-refractivity contribution >= 4 is 21.7 Å². The number of rotatable bonds is 2. The highest BCUT2D eigenvalue weighted by atomic mass is 79.9. The molecule has 80 valence electrons. The van der Waals surface area contributed by atoms with Gasteiger partial charge in [0.05, 0.1) is 22.9 Å². The van der Waals surface area contributed by atoms with Crippen molar-refractivity contribution in [3.63, 3.8) is 0 Å². The minimum atomic E-state index is 0.637. The summed E-state index contributed by atoms with van der Waals surface area (Å²) >= 11 is 3.32. The average Bonchev–Trinajstić information content (AvgIpc) is 2.64. The number of aryl methyl sites for hydroxylation is 2. The first-order chi connectivity index (χ1) is 7.08. The number of halogens is 1. The molecular formula is C9H12BrN5. The molecule has 2 heterocycles. The lowest BCUT2D eigenvalue weighted by Gasteiger charge is -2.02. The van der Waals surface area contributed by atoms with Crippen LogP contribution in [0.25, 0.3) is 0 Å². The maximum absolute atomic E-state index is 5.83. The third-order valence-corrected chi connectivity index (χ3v) is 2.88. The highest BCUT2D eigenvalue weighted by Crippen LogP contribution is 2.19. The van der Waals surface area contributed by atoms with Crippen LogP contribution < -0.4 is 5.73 Å². The number of nitrogens with zero attached hydrogens (tertiary/aromatic N) is 4. The maximum Gasteiger partial charge on any atom is 0.136 e. The quantitative estimate of drug-likeness (QED) is 0.895. The van der Waals surface area contributed by atoms with Crippen LogP contribution in [-0.2, 0) is 13.6 Å². The van der Waals surface area contributed by atoms with Gasteiger partial charge in [-0.2, -0.15) is 10.2 Å². The van der Waals surface area contributed by atoms with E-state index in [2.05, 4.69) is 26.1 Å². The Bertz CT molecular complexity index is 485. The third-order valence-electron chi connectivity index (χ3n) is 2.27. The summed E-state index contributed by atoms with van der Waals surface area (Å²) in [6.07, 6.45) is 3.67. The van der Waals surface area contributed by atoms with Crippen LogP contribution in [0.2, 0.25) is 0 Å². The van der Waals surface area contributed by atoms with Gasteiger partial charge in [0.15, 0.2) is 0 Å². The van der Waals surface area contributed by atoms with E-state index in [4.69, 9.17) is 5.73 Å². The molecule has 2 N–H and O–H groups in total. The molecule has 2 aromatic heterocycles. The first kappa shape index (κ1) is 10.2. The smallest absolute Gasteiger partial charge is 0.136 e. The van der Waals surface area contributed by atoms with Gasteiger partial charge in [-0.15, -0.1) is 0 Å². The highest BCUT2D eigenvalue weighted by Gasteiger charge is 2.08. The standard InChI is InChI=1S/C9H12BrN5/c1-6-7(4-14(2)13-6)5-15-9(11)8(10)3-12-15/h3-4H,5,11H2,1-2H3. The first-order valence-electron chi connectivity index (χ1n) is 4.54. The average molecular weight is 270 g/mol. The largest absolute Gasteiger partial charge is 0.383 e. The molecule has 0 radical (unpaired) electrons. The van der Waals surface area contributed by atoms with Gasteiger partial charge in [0, 0.05) is 18.8 Å². The van der Waals surface area contributed by atoms with E-state index in [0.29, 0.717) is 12.4 Å². The molecule has 0 fully saturated rings. The molecule has 0 atom stereocenters. The Morgan fingerprint density at radius 1 is 1.53 bits per heavy atom. The summed E-state index contributed by atoms with van der Waals surface area (Å²) in [4.78, 5) is 0. The molecule has 0 amide bonds. The second kappa shape index (κ2) is 3.69. The van der Waals surface area contributed by atoms with Crippen molar-refractivity contribution in [3.05, 3.63) is 28.1 Å². The SMILES string of the molecule is Cc1nn(C)cc1Cn1ncc(Br)c1N. The second-order valence-electron chi connectivity index (χ2n) is 3.45. The number of hydrogen-bond acceptors (Lipinski definition) is 3. The summed E-state index contributed by atoms with van der Waals surface area (Å²) in [7, 11) is 1.90. The highest BCUT2D eigenvalue weighted by molar-refractivity contribution is 9.10. The summed E-state index contributed by atoms with van der Waals surface area (Å²) < 4.78 is 4.36. The van der Waals surface area contributed by atoms with Crippen molar-refractivity contribution in [1.82, 2.24) is 19.6 Å². The maximum atomic E-state index is 5.83. The minimum Gasteiger partial charge on any atom is -0.383 e. The van der Waals surface area contributed by atoms with Crippen LogP contribution in [0.3, 0.4) is 0 Å². The van der Waals surface area contributed by atoms with E-state index < -0.39 is 0 Å². The Labute approximate surface area is 96.0 Å². The molecule has 0 aromatic carbocycles. The van der Waals surface area contributed by atoms with E-state index in [1.54, 1.807) is 15.6 Å². The molecule has 6 heteroatoms. The molecule has 0 saturated heterocycles. The first-order valence-corrected chi connectivity index (χ1v) is 5.33. The van der Waals surface area contributed by atoms with Crippen molar-refractivity contribution in [3.8, 4) is 0 Å². The fourth-order valence-electron chi connectivity index (χ4n) is 1.46. The van der Waals surface area contributed by atoms with Gasteiger partial charge >= 0.3 is 0 Å². The molecule has 0 aliphatic heterocycles. The lowest BCUT2D eigenvalue weighted by atomic mass is 10.3. The van der Waals surface area contributed by atoms with E-state index >= 15 is 0 Å². The Morgan fingerprint density at radius 2 is 2.27 bits per heavy atom. The van der Waals surface area contributed by atoms with E-state index in [-0.39, 0.29) is 0 Å². The van der Waals surface area contributed by atoms with E-state index in [0.717, 1.165) is 15.7 Å². The van der Waals surface area contributed by atoms with Crippen LogP contribution in [0, 0.1) is 6.92 Å². The van der Waals surface area contributed by atoms with Gasteiger partial charge in [0.1, 0.15) is 5.82 Å². The van der Waals surface area contributed by atoms with Crippen molar-refractivity contribution < 1.29 is 0 Å². The molecule has 0 saturated carbocycles. The Hall–Kier alpha value is -1.30. The van der Waals surface area contributed by atoms with Gasteiger partial charge in [-0.05, 0) is 22.9 Å². The fourth-order valence-corrected chi connectivity index (χ4v) is 1.76. The van der Waals surface area contributed by atoms with Crippen molar-refractivity contribution in [2.45, 2.75) is 13.5 Å². The molecule has 0 spiro atoms. The van der Waals surface area contributed by atoms with Crippen LogP contribution in [0.5, 0.6) is 0 Å². The van der Waals surface area contributed by atoms with Crippen LogP contribution >= 0.6 is 15.9 Å². The molecular weight excluding hydrogens is 258 g/mol. The van der Waals surface area contributed by atoms with Crippen molar-refractivity contribution in [2.24, 2.45) is 7.05 Å². The topological polar surface area (TPSA) is 61.7 Å². The van der Waals surface area contributed by atoms with Gasteiger partial charge in [0.25, 0.3) is 0 Å². The van der Waals surface area contributed by atoms with Gasteiger partial charge < -0.3 is 5.73 Å². The number of nitrogens with two attached hydrogens (primary N) is 1. The number of aromatic nitrogens is 4. The Balaban J connectivity index is 2.29. The normalized spacial score (nSPS) is 10.9. The van der Waals surface area contributed by atoms with E-state index in [1.165, 1.54) is 0 Å². The molecule has 5 nitrogen and oxygen atoms in total. The zero-order valence-corrected chi connectivity index (χ0v) is 10.2. The third kappa shape index (κ3) is 1.90. The number of hydrogen-bond donors (Lipinski definition) is 1. The molecule has 0 unspecified atom stereocenters. The molecule has 0 aliphatic rings. The minimum absolute atomic E-state index is 0.637.